The SMILES string of the molecule is CN(CCN1CCCC1)CC(C)(C)C(=O)O. The topological polar surface area (TPSA) is 43.8 Å². The molecule has 1 aliphatic heterocycles. The summed E-state index contributed by atoms with van der Waals surface area (Å²) in [6.45, 7) is 8.59. The van der Waals surface area contributed by atoms with Crippen molar-refractivity contribution in [1.82, 2.24) is 9.80 Å². The second-order valence-corrected chi connectivity index (χ2v) is 5.48. The lowest BCUT2D eigenvalue weighted by Crippen LogP contribution is -2.40. The predicted octanol–water partition coefficient (Wildman–Crippen LogP) is 1.12. The van der Waals surface area contributed by atoms with E-state index in [2.05, 4.69) is 9.80 Å². The molecule has 0 spiro atoms. The predicted molar refractivity (Wildman–Crippen MR) is 64.6 cm³/mol. The molecule has 0 aromatic rings. The zero-order chi connectivity index (χ0) is 12.2. The quantitative estimate of drug-likeness (QED) is 0.740. The van der Waals surface area contributed by atoms with Crippen LogP contribution in [-0.4, -0.2) is 60.6 Å². The van der Waals surface area contributed by atoms with Gasteiger partial charge in [-0.25, -0.2) is 0 Å². The second-order valence-electron chi connectivity index (χ2n) is 5.48. The highest BCUT2D eigenvalue weighted by Crippen LogP contribution is 2.16. The molecule has 0 radical (unpaired) electrons. The molecular weight excluding hydrogens is 204 g/mol. The number of rotatable bonds is 6. The minimum absolute atomic E-state index is 0.607. The van der Waals surface area contributed by atoms with E-state index in [1.807, 2.05) is 7.05 Å². The third kappa shape index (κ3) is 4.10. The number of aliphatic carboxylic acids is 1. The van der Waals surface area contributed by atoms with Crippen LogP contribution in [-0.2, 0) is 4.79 Å². The molecule has 94 valence electrons. The van der Waals surface area contributed by atoms with Crippen LogP contribution in [0.5, 0.6) is 0 Å². The van der Waals surface area contributed by atoms with Crippen LogP contribution < -0.4 is 0 Å². The zero-order valence-corrected chi connectivity index (χ0v) is 10.7. The minimum Gasteiger partial charge on any atom is -0.481 e. The van der Waals surface area contributed by atoms with Gasteiger partial charge in [0.1, 0.15) is 0 Å². The van der Waals surface area contributed by atoms with E-state index >= 15 is 0 Å². The van der Waals surface area contributed by atoms with Crippen molar-refractivity contribution in [1.29, 1.82) is 0 Å². The largest absolute Gasteiger partial charge is 0.481 e. The Morgan fingerprint density at radius 3 is 2.44 bits per heavy atom. The van der Waals surface area contributed by atoms with E-state index in [0.717, 1.165) is 13.1 Å². The van der Waals surface area contributed by atoms with Gasteiger partial charge < -0.3 is 14.9 Å². The Bertz CT molecular complexity index is 235. The van der Waals surface area contributed by atoms with Crippen molar-refractivity contribution in [3.05, 3.63) is 0 Å². The second kappa shape index (κ2) is 5.64. The van der Waals surface area contributed by atoms with Gasteiger partial charge in [-0.1, -0.05) is 0 Å². The summed E-state index contributed by atoms with van der Waals surface area (Å²) in [7, 11) is 2.00. The number of likely N-dealkylation sites (tertiary alicyclic amines) is 1. The number of hydrogen-bond donors (Lipinski definition) is 1. The first-order valence-electron chi connectivity index (χ1n) is 6.06. The molecule has 4 heteroatoms. The molecule has 0 aromatic heterocycles. The molecule has 1 aliphatic rings. The molecule has 1 saturated heterocycles. The molecule has 16 heavy (non-hydrogen) atoms. The van der Waals surface area contributed by atoms with Crippen LogP contribution >= 0.6 is 0 Å². The van der Waals surface area contributed by atoms with Gasteiger partial charge in [-0.2, -0.15) is 0 Å². The molecule has 4 nitrogen and oxygen atoms in total. The Hall–Kier alpha value is -0.610. The molecule has 0 aliphatic carbocycles. The highest BCUT2D eigenvalue weighted by atomic mass is 16.4. The molecule has 0 saturated carbocycles. The Labute approximate surface area is 98.2 Å². The van der Waals surface area contributed by atoms with E-state index in [1.54, 1.807) is 13.8 Å². The van der Waals surface area contributed by atoms with Crippen molar-refractivity contribution in [2.45, 2.75) is 26.7 Å². The first-order chi connectivity index (χ1) is 7.42. The molecule has 1 rings (SSSR count). The molecule has 0 aromatic carbocycles. The highest BCUT2D eigenvalue weighted by molar-refractivity contribution is 5.73. The Kier molecular flexibility index (Phi) is 4.74. The van der Waals surface area contributed by atoms with Gasteiger partial charge >= 0.3 is 5.97 Å². The Morgan fingerprint density at radius 1 is 1.38 bits per heavy atom. The highest BCUT2D eigenvalue weighted by Gasteiger charge is 2.28. The van der Waals surface area contributed by atoms with Gasteiger partial charge in [0.15, 0.2) is 0 Å². The number of hydrogen-bond acceptors (Lipinski definition) is 3. The van der Waals surface area contributed by atoms with Crippen LogP contribution in [0.15, 0.2) is 0 Å². The van der Waals surface area contributed by atoms with E-state index in [9.17, 15) is 4.79 Å². The van der Waals surface area contributed by atoms with Crippen LogP contribution in [0.25, 0.3) is 0 Å². The van der Waals surface area contributed by atoms with Crippen LogP contribution in [0.3, 0.4) is 0 Å². The summed E-state index contributed by atoms with van der Waals surface area (Å²) < 4.78 is 0. The molecule has 1 N–H and O–H groups in total. The van der Waals surface area contributed by atoms with Crippen molar-refractivity contribution >= 4 is 5.97 Å². The van der Waals surface area contributed by atoms with Crippen LogP contribution in [0.1, 0.15) is 26.7 Å². The number of nitrogens with zero attached hydrogens (tertiary/aromatic N) is 2. The fourth-order valence-electron chi connectivity index (χ4n) is 2.14. The van der Waals surface area contributed by atoms with Crippen LogP contribution in [0.2, 0.25) is 0 Å². The smallest absolute Gasteiger partial charge is 0.310 e. The van der Waals surface area contributed by atoms with Gasteiger partial charge in [0.2, 0.25) is 0 Å². The van der Waals surface area contributed by atoms with Gasteiger partial charge in [0.25, 0.3) is 0 Å². The zero-order valence-electron chi connectivity index (χ0n) is 10.7. The monoisotopic (exact) mass is 228 g/mol. The number of likely N-dealkylation sites (N-methyl/N-ethyl adjacent to an activating group) is 1. The maximum atomic E-state index is 11.0. The summed E-state index contributed by atoms with van der Waals surface area (Å²) >= 11 is 0. The third-order valence-electron chi connectivity index (χ3n) is 3.24. The molecule has 0 amide bonds. The summed E-state index contributed by atoms with van der Waals surface area (Å²) in [6, 6.07) is 0. The van der Waals surface area contributed by atoms with Gasteiger partial charge in [0.05, 0.1) is 5.41 Å². The number of carbonyl (C=O) groups is 1. The summed E-state index contributed by atoms with van der Waals surface area (Å²) in [5, 5.41) is 9.03. The third-order valence-corrected chi connectivity index (χ3v) is 3.24. The average molecular weight is 228 g/mol. The molecular formula is C12H24N2O2. The van der Waals surface area contributed by atoms with E-state index in [-0.39, 0.29) is 0 Å². The average Bonchev–Trinajstić information content (AvgIpc) is 2.66. The van der Waals surface area contributed by atoms with Crippen molar-refractivity contribution in [3.63, 3.8) is 0 Å². The fraction of sp³-hybridized carbons (Fsp3) is 0.917. The van der Waals surface area contributed by atoms with E-state index in [1.165, 1.54) is 25.9 Å². The summed E-state index contributed by atoms with van der Waals surface area (Å²) in [5.41, 5.74) is -0.653. The van der Waals surface area contributed by atoms with Crippen molar-refractivity contribution in [2.24, 2.45) is 5.41 Å². The lowest BCUT2D eigenvalue weighted by Gasteiger charge is -2.27. The van der Waals surface area contributed by atoms with Gasteiger partial charge in [-0.15, -0.1) is 0 Å². The van der Waals surface area contributed by atoms with Crippen molar-refractivity contribution < 1.29 is 9.90 Å². The Balaban J connectivity index is 2.24. The van der Waals surface area contributed by atoms with Gasteiger partial charge in [-0.3, -0.25) is 4.79 Å². The van der Waals surface area contributed by atoms with Gasteiger partial charge in [-0.05, 0) is 46.8 Å². The Morgan fingerprint density at radius 2 is 1.94 bits per heavy atom. The van der Waals surface area contributed by atoms with Crippen LogP contribution in [0, 0.1) is 5.41 Å². The summed E-state index contributed by atoms with van der Waals surface area (Å²) in [6.07, 6.45) is 2.62. The van der Waals surface area contributed by atoms with Crippen molar-refractivity contribution in [2.75, 3.05) is 39.8 Å². The van der Waals surface area contributed by atoms with E-state index in [0.29, 0.717) is 6.54 Å². The first kappa shape index (κ1) is 13.5. The summed E-state index contributed by atoms with van der Waals surface area (Å²) in [4.78, 5) is 15.5. The lowest BCUT2D eigenvalue weighted by molar-refractivity contribution is -0.147. The van der Waals surface area contributed by atoms with Gasteiger partial charge in [0, 0.05) is 19.6 Å². The summed E-state index contributed by atoms with van der Waals surface area (Å²) in [5.74, 6) is -0.722. The standard InChI is InChI=1S/C12H24N2O2/c1-12(2,11(15)16)10-13(3)8-9-14-6-4-5-7-14/h4-10H2,1-3H3,(H,15,16). The number of carboxylic acids is 1. The molecule has 0 unspecified atom stereocenters. The first-order valence-corrected chi connectivity index (χ1v) is 6.06. The molecule has 0 bridgehead atoms. The molecule has 0 atom stereocenters. The van der Waals surface area contributed by atoms with E-state index in [4.69, 9.17) is 5.11 Å². The van der Waals surface area contributed by atoms with E-state index < -0.39 is 11.4 Å². The number of carboxylic acid groups (broad SMARTS) is 1. The maximum absolute atomic E-state index is 11.0. The van der Waals surface area contributed by atoms with Crippen molar-refractivity contribution in [3.8, 4) is 0 Å². The molecule has 1 heterocycles. The molecule has 1 fully saturated rings. The normalized spacial score (nSPS) is 18.2. The fourth-order valence-corrected chi connectivity index (χ4v) is 2.14. The maximum Gasteiger partial charge on any atom is 0.310 e. The minimum atomic E-state index is -0.722. The van der Waals surface area contributed by atoms with Crippen LogP contribution in [0.4, 0.5) is 0 Å². The lowest BCUT2D eigenvalue weighted by atomic mass is 9.93.